The van der Waals surface area contributed by atoms with E-state index in [1.807, 2.05) is 19.3 Å². The van der Waals surface area contributed by atoms with E-state index in [9.17, 15) is 9.59 Å². The molecule has 4 bridgehead atoms. The van der Waals surface area contributed by atoms with Crippen molar-refractivity contribution in [2.45, 2.75) is 64.0 Å². The number of hydrogen-bond acceptors (Lipinski definition) is 5. The molecule has 8 nitrogen and oxygen atoms in total. The van der Waals surface area contributed by atoms with Crippen LogP contribution in [0.3, 0.4) is 0 Å². The molecular formula is C23H27N5O3. The highest BCUT2D eigenvalue weighted by atomic mass is 16.5. The Morgan fingerprint density at radius 1 is 1.26 bits per heavy atom. The zero-order chi connectivity index (χ0) is 21.4. The van der Waals surface area contributed by atoms with E-state index in [1.54, 1.807) is 19.1 Å². The van der Waals surface area contributed by atoms with Gasteiger partial charge in [0.05, 0.1) is 16.6 Å². The van der Waals surface area contributed by atoms with Crippen molar-refractivity contribution in [3.05, 3.63) is 30.4 Å². The summed E-state index contributed by atoms with van der Waals surface area (Å²) in [5, 5.41) is 10.7. The third kappa shape index (κ3) is 2.87. The molecule has 2 aromatic rings. The highest BCUT2D eigenvalue weighted by Gasteiger charge is 2.61. The van der Waals surface area contributed by atoms with Gasteiger partial charge in [0.2, 0.25) is 5.91 Å². The van der Waals surface area contributed by atoms with E-state index in [0.29, 0.717) is 29.0 Å². The summed E-state index contributed by atoms with van der Waals surface area (Å²) < 4.78 is 7.68. The molecular weight excluding hydrogens is 394 g/mol. The molecule has 2 N–H and O–H groups in total. The molecule has 1 aliphatic heterocycles. The van der Waals surface area contributed by atoms with Gasteiger partial charge >= 0.3 is 0 Å². The van der Waals surface area contributed by atoms with Crippen LogP contribution in [0.25, 0.3) is 0 Å². The van der Waals surface area contributed by atoms with Crippen molar-refractivity contribution in [2.75, 3.05) is 10.6 Å². The zero-order valence-electron chi connectivity index (χ0n) is 17.9. The predicted octanol–water partition coefficient (Wildman–Crippen LogP) is 3.24. The smallest absolute Gasteiger partial charge is 0.265 e. The molecule has 2 amide bonds. The van der Waals surface area contributed by atoms with E-state index in [0.717, 1.165) is 37.9 Å². The van der Waals surface area contributed by atoms with Crippen LogP contribution in [0.15, 0.2) is 24.5 Å². The normalized spacial score (nSPS) is 35.3. The summed E-state index contributed by atoms with van der Waals surface area (Å²) in [7, 11) is 0. The fourth-order valence-electron chi connectivity index (χ4n) is 6.87. The lowest BCUT2D eigenvalue weighted by Crippen LogP contribution is -2.60. The van der Waals surface area contributed by atoms with Crippen molar-refractivity contribution in [2.24, 2.45) is 17.3 Å². The van der Waals surface area contributed by atoms with Crippen LogP contribution < -0.4 is 15.4 Å². The number of anilines is 2. The van der Waals surface area contributed by atoms with Gasteiger partial charge in [-0.15, -0.1) is 0 Å². The summed E-state index contributed by atoms with van der Waals surface area (Å²) >= 11 is 0. The molecule has 7 rings (SSSR count). The predicted molar refractivity (Wildman–Crippen MR) is 114 cm³/mol. The van der Waals surface area contributed by atoms with Gasteiger partial charge in [0.15, 0.2) is 6.10 Å². The molecule has 0 spiro atoms. The molecule has 1 aromatic heterocycles. The van der Waals surface area contributed by atoms with Crippen LogP contribution in [0.4, 0.5) is 11.4 Å². The molecule has 4 saturated carbocycles. The molecule has 0 saturated heterocycles. The monoisotopic (exact) mass is 421 g/mol. The number of nitrogens with zero attached hydrogens (tertiary/aromatic N) is 3. The highest BCUT2D eigenvalue weighted by Crippen LogP contribution is 2.64. The largest absolute Gasteiger partial charge is 0.479 e. The lowest BCUT2D eigenvalue weighted by atomic mass is 9.46. The highest BCUT2D eigenvalue weighted by molar-refractivity contribution is 6.00. The molecule has 0 unspecified atom stereocenters. The molecule has 1 aromatic carbocycles. The Balaban J connectivity index is 1.28. The van der Waals surface area contributed by atoms with Gasteiger partial charge in [0, 0.05) is 5.69 Å². The van der Waals surface area contributed by atoms with Crippen LogP contribution in [-0.4, -0.2) is 32.7 Å². The first-order valence-corrected chi connectivity index (χ1v) is 11.2. The average molecular weight is 422 g/mol. The molecule has 4 aliphatic carbocycles. The number of nitrogens with one attached hydrogen (secondary N) is 2. The first-order chi connectivity index (χ1) is 14.8. The maximum Gasteiger partial charge on any atom is 0.265 e. The summed E-state index contributed by atoms with van der Waals surface area (Å²) in [5.74, 6) is 2.41. The Morgan fingerprint density at radius 2 is 2.03 bits per heavy atom. The quantitative estimate of drug-likeness (QED) is 0.793. The summed E-state index contributed by atoms with van der Waals surface area (Å²) in [5.41, 5.74) is 0.800. The number of hydrogen-bond donors (Lipinski definition) is 2. The molecule has 8 heteroatoms. The Morgan fingerprint density at radius 3 is 2.74 bits per heavy atom. The van der Waals surface area contributed by atoms with E-state index in [1.165, 1.54) is 6.42 Å². The minimum atomic E-state index is -0.517. The Bertz CT molecular complexity index is 1080. The second kappa shape index (κ2) is 6.31. The number of rotatable bonds is 3. The first kappa shape index (κ1) is 18.8. The second-order valence-corrected chi connectivity index (χ2v) is 10.1. The van der Waals surface area contributed by atoms with E-state index in [-0.39, 0.29) is 22.8 Å². The van der Waals surface area contributed by atoms with Gasteiger partial charge in [-0.05, 0) is 82.4 Å². The SMILES string of the molecule is Cc1ncn(C23C[C@H]4C[C@@H](CC(C(=O)Nc5ccc6c(c5)NC(=O)[C@H](C)O6)(C4)C2)C3)n1. The van der Waals surface area contributed by atoms with Crippen molar-refractivity contribution in [3.8, 4) is 5.75 Å². The number of fused-ring (bicyclic) bond motifs is 1. The van der Waals surface area contributed by atoms with Crippen molar-refractivity contribution in [1.29, 1.82) is 0 Å². The van der Waals surface area contributed by atoms with Crippen LogP contribution in [0.5, 0.6) is 5.75 Å². The Hall–Kier alpha value is -2.90. The summed E-state index contributed by atoms with van der Waals surface area (Å²) in [6.45, 7) is 3.63. The lowest BCUT2D eigenvalue weighted by molar-refractivity contribution is -0.150. The number of carbonyl (C=O) groups excluding carboxylic acids is 2. The molecule has 5 aliphatic rings. The summed E-state index contributed by atoms with van der Waals surface area (Å²) in [4.78, 5) is 30.0. The van der Waals surface area contributed by atoms with E-state index >= 15 is 0 Å². The topological polar surface area (TPSA) is 98.1 Å². The van der Waals surface area contributed by atoms with Crippen molar-refractivity contribution in [3.63, 3.8) is 0 Å². The molecule has 0 radical (unpaired) electrons. The molecule has 31 heavy (non-hydrogen) atoms. The molecule has 2 heterocycles. The number of benzene rings is 1. The van der Waals surface area contributed by atoms with Gasteiger partial charge in [0.25, 0.3) is 5.91 Å². The number of aromatic nitrogens is 3. The lowest BCUT2D eigenvalue weighted by Gasteiger charge is -2.60. The van der Waals surface area contributed by atoms with Gasteiger partial charge in [-0.1, -0.05) is 0 Å². The second-order valence-electron chi connectivity index (χ2n) is 10.1. The summed E-state index contributed by atoms with van der Waals surface area (Å²) in [6, 6.07) is 5.44. The maximum atomic E-state index is 13.7. The van der Waals surface area contributed by atoms with Gasteiger partial charge in [0.1, 0.15) is 17.9 Å². The number of aryl methyl sites for hydroxylation is 1. The van der Waals surface area contributed by atoms with Crippen LogP contribution in [0.2, 0.25) is 0 Å². The average Bonchev–Trinajstić information content (AvgIpc) is 3.15. The third-order valence-corrected chi connectivity index (χ3v) is 7.77. The van der Waals surface area contributed by atoms with E-state index < -0.39 is 6.10 Å². The van der Waals surface area contributed by atoms with Crippen molar-refractivity contribution >= 4 is 23.2 Å². The van der Waals surface area contributed by atoms with E-state index in [2.05, 4.69) is 25.4 Å². The molecule has 162 valence electrons. The zero-order valence-corrected chi connectivity index (χ0v) is 17.9. The molecule has 3 atom stereocenters. The Labute approximate surface area is 180 Å². The third-order valence-electron chi connectivity index (χ3n) is 7.77. The number of carbonyl (C=O) groups is 2. The van der Waals surface area contributed by atoms with Gasteiger partial charge in [-0.2, -0.15) is 5.10 Å². The Kier molecular flexibility index (Phi) is 3.83. The number of ether oxygens (including phenoxy) is 1. The van der Waals surface area contributed by atoms with Crippen molar-refractivity contribution in [1.82, 2.24) is 14.8 Å². The minimum Gasteiger partial charge on any atom is -0.479 e. The van der Waals surface area contributed by atoms with Crippen LogP contribution in [0.1, 0.15) is 51.3 Å². The number of amides is 2. The fraction of sp³-hybridized carbons (Fsp3) is 0.565. The van der Waals surface area contributed by atoms with E-state index in [4.69, 9.17) is 4.74 Å². The van der Waals surface area contributed by atoms with Crippen LogP contribution in [-0.2, 0) is 15.1 Å². The maximum absolute atomic E-state index is 13.7. The molecule has 4 fully saturated rings. The van der Waals surface area contributed by atoms with Gasteiger partial charge in [-0.3, -0.25) is 9.59 Å². The van der Waals surface area contributed by atoms with Crippen LogP contribution in [0, 0.1) is 24.2 Å². The van der Waals surface area contributed by atoms with Gasteiger partial charge in [-0.25, -0.2) is 9.67 Å². The standard InChI is InChI=1S/C23H27N5O3/c1-13-20(29)26-18-6-17(3-4-19(18)31-13)25-21(30)22-7-15-5-16(8-22)10-23(9-15,11-22)28-12-24-14(2)27-28/h3-4,6,12-13,15-16H,5,7-11H2,1-2H3,(H,25,30)(H,26,29)/t13-,15-,16-,22?,23?/m0/s1. The minimum absolute atomic E-state index is 0.0826. The van der Waals surface area contributed by atoms with Crippen LogP contribution >= 0.6 is 0 Å². The van der Waals surface area contributed by atoms with Gasteiger partial charge < -0.3 is 15.4 Å². The summed E-state index contributed by atoms with van der Waals surface area (Å²) in [6.07, 6.45) is 7.40. The van der Waals surface area contributed by atoms with Crippen molar-refractivity contribution < 1.29 is 14.3 Å². The first-order valence-electron chi connectivity index (χ1n) is 11.2. The fourth-order valence-corrected chi connectivity index (χ4v) is 6.87.